The van der Waals surface area contributed by atoms with Crippen LogP contribution in [0.25, 0.3) is 10.9 Å². The molecule has 3 aromatic rings. The van der Waals surface area contributed by atoms with Gasteiger partial charge in [0.2, 0.25) is 0 Å². The second-order valence-electron chi connectivity index (χ2n) is 10.1. The number of piperazine rings is 1. The number of aryl methyl sites for hydroxylation is 1. The molecule has 2 N–H and O–H groups in total. The van der Waals surface area contributed by atoms with E-state index < -0.39 is 0 Å². The van der Waals surface area contributed by atoms with Crippen LogP contribution >= 0.6 is 12.2 Å². The van der Waals surface area contributed by atoms with E-state index in [1.165, 1.54) is 16.5 Å². The summed E-state index contributed by atoms with van der Waals surface area (Å²) in [5, 5.41) is 8.83. The average molecular weight is 503 g/mol. The van der Waals surface area contributed by atoms with Gasteiger partial charge in [-0.3, -0.25) is 4.90 Å². The van der Waals surface area contributed by atoms with Crippen LogP contribution in [0.5, 0.6) is 0 Å². The number of thiocarbonyl (C=S) groups is 1. The van der Waals surface area contributed by atoms with Crippen molar-refractivity contribution in [1.29, 1.82) is 0 Å². The Bertz CT molecular complexity index is 1170. The van der Waals surface area contributed by atoms with Crippen LogP contribution in [0.1, 0.15) is 30.9 Å². The first-order valence-corrected chi connectivity index (χ1v) is 13.7. The van der Waals surface area contributed by atoms with Crippen molar-refractivity contribution in [3.8, 4) is 0 Å². The van der Waals surface area contributed by atoms with Gasteiger partial charge in [-0.1, -0.05) is 37.3 Å². The Morgan fingerprint density at radius 2 is 1.69 bits per heavy atom. The van der Waals surface area contributed by atoms with Gasteiger partial charge < -0.3 is 20.4 Å². The normalized spacial score (nSPS) is 17.9. The summed E-state index contributed by atoms with van der Waals surface area (Å²) >= 11 is 5.67. The SMILES string of the molecule is CCN1CCN(c2cc(C)c3cc(NC(=S)NC4CCN(Cc5ccccc5)CC4)ccc3n2)CC1. The van der Waals surface area contributed by atoms with E-state index in [0.717, 1.165) is 82.2 Å². The molecular weight excluding hydrogens is 464 g/mol. The van der Waals surface area contributed by atoms with E-state index in [1.807, 2.05) is 0 Å². The Morgan fingerprint density at radius 3 is 2.42 bits per heavy atom. The van der Waals surface area contributed by atoms with Gasteiger partial charge >= 0.3 is 0 Å². The Kier molecular flexibility index (Phi) is 7.99. The Hall–Kier alpha value is -2.74. The van der Waals surface area contributed by atoms with Crippen molar-refractivity contribution in [3.63, 3.8) is 0 Å². The molecule has 2 aromatic carbocycles. The fraction of sp³-hybridized carbons (Fsp3) is 0.448. The van der Waals surface area contributed by atoms with Gasteiger partial charge in [-0.2, -0.15) is 0 Å². The number of rotatable bonds is 6. The first-order chi connectivity index (χ1) is 17.6. The van der Waals surface area contributed by atoms with E-state index in [9.17, 15) is 0 Å². The second-order valence-corrected chi connectivity index (χ2v) is 10.5. The largest absolute Gasteiger partial charge is 0.360 e. The number of aromatic nitrogens is 1. The number of benzene rings is 2. The Morgan fingerprint density at radius 1 is 0.944 bits per heavy atom. The third kappa shape index (κ3) is 6.14. The molecule has 0 radical (unpaired) electrons. The number of likely N-dealkylation sites (N-methyl/N-ethyl adjacent to an activating group) is 1. The predicted molar refractivity (Wildman–Crippen MR) is 155 cm³/mol. The van der Waals surface area contributed by atoms with E-state index in [1.54, 1.807) is 0 Å². The lowest BCUT2D eigenvalue weighted by Gasteiger charge is -2.35. The van der Waals surface area contributed by atoms with Gasteiger partial charge in [0.1, 0.15) is 5.82 Å². The molecule has 0 atom stereocenters. The topological polar surface area (TPSA) is 46.7 Å². The highest BCUT2D eigenvalue weighted by molar-refractivity contribution is 7.80. The molecule has 2 aliphatic heterocycles. The van der Waals surface area contributed by atoms with Gasteiger partial charge in [0.25, 0.3) is 0 Å². The number of piperidine rings is 1. The number of hydrogen-bond acceptors (Lipinski definition) is 5. The molecule has 3 heterocycles. The van der Waals surface area contributed by atoms with E-state index in [4.69, 9.17) is 17.2 Å². The monoisotopic (exact) mass is 502 g/mol. The summed E-state index contributed by atoms with van der Waals surface area (Å²) in [6, 6.07) is 19.7. The highest BCUT2D eigenvalue weighted by Gasteiger charge is 2.20. The zero-order valence-corrected chi connectivity index (χ0v) is 22.4. The summed E-state index contributed by atoms with van der Waals surface area (Å²) < 4.78 is 0. The number of likely N-dealkylation sites (tertiary alicyclic amines) is 1. The minimum atomic E-state index is 0.414. The summed E-state index contributed by atoms with van der Waals surface area (Å²) in [7, 11) is 0. The highest BCUT2D eigenvalue weighted by atomic mass is 32.1. The molecule has 6 nitrogen and oxygen atoms in total. The van der Waals surface area contributed by atoms with Crippen LogP contribution in [-0.2, 0) is 6.54 Å². The molecule has 1 aromatic heterocycles. The molecule has 0 saturated carbocycles. The lowest BCUT2D eigenvalue weighted by molar-refractivity contribution is 0.199. The van der Waals surface area contributed by atoms with Gasteiger partial charge in [0.05, 0.1) is 5.52 Å². The molecular formula is C29H38N6S. The molecule has 5 rings (SSSR count). The van der Waals surface area contributed by atoms with Crippen LogP contribution in [0.2, 0.25) is 0 Å². The van der Waals surface area contributed by atoms with Crippen molar-refractivity contribution in [2.45, 2.75) is 39.3 Å². The first-order valence-electron chi connectivity index (χ1n) is 13.3. The summed E-state index contributed by atoms with van der Waals surface area (Å²) in [5.74, 6) is 1.09. The number of hydrogen-bond donors (Lipinski definition) is 2. The van der Waals surface area contributed by atoms with Crippen molar-refractivity contribution in [1.82, 2.24) is 20.1 Å². The van der Waals surface area contributed by atoms with E-state index >= 15 is 0 Å². The van der Waals surface area contributed by atoms with Crippen LogP contribution in [0, 0.1) is 6.92 Å². The molecule has 0 unspecified atom stereocenters. The van der Waals surface area contributed by atoms with Gasteiger partial charge in [-0.15, -0.1) is 0 Å². The van der Waals surface area contributed by atoms with Crippen LogP contribution in [0.4, 0.5) is 11.5 Å². The standard InChI is InChI=1S/C29H38N6S/c1-3-33-15-17-35(18-16-33)28-19-22(2)26-20-25(9-10-27(26)32-28)31-29(36)30-24-11-13-34(14-12-24)21-23-7-5-4-6-8-23/h4-10,19-20,24H,3,11-18,21H2,1-2H3,(H2,30,31,36). The smallest absolute Gasteiger partial charge is 0.170 e. The lowest BCUT2D eigenvalue weighted by atomic mass is 10.0. The summed E-state index contributed by atoms with van der Waals surface area (Å²) in [6.07, 6.45) is 2.20. The number of fused-ring (bicyclic) bond motifs is 1. The lowest BCUT2D eigenvalue weighted by Crippen LogP contribution is -2.46. The first kappa shape index (κ1) is 24.9. The fourth-order valence-corrected chi connectivity index (χ4v) is 5.62. The molecule has 0 aliphatic carbocycles. The third-order valence-electron chi connectivity index (χ3n) is 7.58. The van der Waals surface area contributed by atoms with E-state index in [-0.39, 0.29) is 0 Å². The summed E-state index contributed by atoms with van der Waals surface area (Å²) in [5.41, 5.74) is 4.68. The minimum absolute atomic E-state index is 0.414. The highest BCUT2D eigenvalue weighted by Crippen LogP contribution is 2.26. The molecule has 2 fully saturated rings. The zero-order chi connectivity index (χ0) is 24.9. The third-order valence-corrected chi connectivity index (χ3v) is 7.80. The van der Waals surface area contributed by atoms with Crippen LogP contribution in [0.15, 0.2) is 54.6 Å². The van der Waals surface area contributed by atoms with Crippen molar-refractivity contribution >= 4 is 39.7 Å². The predicted octanol–water partition coefficient (Wildman–Crippen LogP) is 4.64. The van der Waals surface area contributed by atoms with E-state index in [0.29, 0.717) is 11.2 Å². The Labute approximate surface area is 220 Å². The van der Waals surface area contributed by atoms with Gasteiger partial charge in [-0.25, -0.2) is 4.98 Å². The number of nitrogens with zero attached hydrogens (tertiary/aromatic N) is 4. The van der Waals surface area contributed by atoms with Crippen molar-refractivity contribution in [2.24, 2.45) is 0 Å². The minimum Gasteiger partial charge on any atom is -0.360 e. The molecule has 0 bridgehead atoms. The summed E-state index contributed by atoms with van der Waals surface area (Å²) in [6.45, 7) is 13.0. The Balaban J connectivity index is 1.15. The molecule has 0 spiro atoms. The van der Waals surface area contributed by atoms with Crippen LogP contribution in [0.3, 0.4) is 0 Å². The summed E-state index contributed by atoms with van der Waals surface area (Å²) in [4.78, 5) is 12.4. The molecule has 7 heteroatoms. The molecule has 190 valence electrons. The molecule has 36 heavy (non-hydrogen) atoms. The second kappa shape index (κ2) is 11.5. The van der Waals surface area contributed by atoms with Crippen LogP contribution in [-0.4, -0.2) is 71.8 Å². The van der Waals surface area contributed by atoms with E-state index in [2.05, 4.69) is 93.8 Å². The van der Waals surface area contributed by atoms with Crippen LogP contribution < -0.4 is 15.5 Å². The zero-order valence-electron chi connectivity index (χ0n) is 21.5. The molecule has 0 amide bonds. The van der Waals surface area contributed by atoms with Crippen molar-refractivity contribution in [3.05, 3.63) is 65.7 Å². The van der Waals surface area contributed by atoms with Crippen molar-refractivity contribution < 1.29 is 0 Å². The molecule has 2 aliphatic rings. The number of nitrogens with one attached hydrogen (secondary N) is 2. The number of pyridine rings is 1. The fourth-order valence-electron chi connectivity index (χ4n) is 5.34. The van der Waals surface area contributed by atoms with Gasteiger partial charge in [0, 0.05) is 62.9 Å². The van der Waals surface area contributed by atoms with Gasteiger partial charge in [-0.05, 0) is 73.9 Å². The maximum absolute atomic E-state index is 5.67. The van der Waals surface area contributed by atoms with Crippen molar-refractivity contribution in [2.75, 3.05) is 56.0 Å². The number of anilines is 2. The maximum Gasteiger partial charge on any atom is 0.170 e. The molecule has 2 saturated heterocycles. The van der Waals surface area contributed by atoms with Gasteiger partial charge in [0.15, 0.2) is 5.11 Å². The maximum atomic E-state index is 5.67. The quantitative estimate of drug-likeness (QED) is 0.476. The average Bonchev–Trinajstić information content (AvgIpc) is 2.91.